The number of aliphatic hydroxyl groups excluding tert-OH is 1. The van der Waals surface area contributed by atoms with Crippen molar-refractivity contribution in [3.63, 3.8) is 0 Å². The van der Waals surface area contributed by atoms with E-state index in [0.717, 1.165) is 49.5 Å². The average Bonchev–Trinajstić information content (AvgIpc) is 3.76. The maximum absolute atomic E-state index is 13.9. The Morgan fingerprint density at radius 2 is 1.95 bits per heavy atom. The summed E-state index contributed by atoms with van der Waals surface area (Å²) in [5.41, 5.74) is 0.336. The van der Waals surface area contributed by atoms with Crippen LogP contribution in [0.3, 0.4) is 0 Å². The highest BCUT2D eigenvalue weighted by Gasteiger charge is 2.49. The number of Topliss-reactive ketones (excluding diaryl/α,β-unsaturated/α-hetero) is 1. The molecule has 0 spiro atoms. The number of rotatable bonds is 10. The molecule has 3 aliphatic rings. The molecular weight excluding hydrogens is 507 g/mol. The first-order chi connectivity index (χ1) is 17.6. The van der Waals surface area contributed by atoms with Gasteiger partial charge in [-0.25, -0.2) is 4.52 Å². The van der Waals surface area contributed by atoms with Gasteiger partial charge < -0.3 is 9.84 Å². The highest BCUT2D eigenvalue weighted by molar-refractivity contribution is 6.34. The van der Waals surface area contributed by atoms with E-state index in [1.54, 1.807) is 6.07 Å². The third kappa shape index (κ3) is 5.84. The van der Waals surface area contributed by atoms with Crippen molar-refractivity contribution in [3.8, 4) is 0 Å². The molecule has 5 rings (SSSR count). The van der Waals surface area contributed by atoms with Crippen LogP contribution in [0, 0.1) is 11.8 Å². The Bertz CT molecular complexity index is 1140. The van der Waals surface area contributed by atoms with Gasteiger partial charge >= 0.3 is 6.18 Å². The predicted octanol–water partition coefficient (Wildman–Crippen LogP) is 6.14. The molecule has 3 unspecified atom stereocenters. The number of ketones is 1. The van der Waals surface area contributed by atoms with Crippen molar-refractivity contribution in [3.05, 3.63) is 34.1 Å². The summed E-state index contributed by atoms with van der Waals surface area (Å²) in [6, 6.07) is 2.89. The van der Waals surface area contributed by atoms with Gasteiger partial charge in [0, 0.05) is 13.0 Å². The second kappa shape index (κ2) is 10.5. The quantitative estimate of drug-likeness (QED) is 0.366. The predicted molar refractivity (Wildman–Crippen MR) is 133 cm³/mol. The third-order valence-corrected chi connectivity index (χ3v) is 8.53. The fourth-order valence-electron chi connectivity index (χ4n) is 5.85. The lowest BCUT2D eigenvalue weighted by molar-refractivity contribution is -0.142. The second-order valence-corrected chi connectivity index (χ2v) is 11.5. The minimum absolute atomic E-state index is 0.121. The molecule has 1 aliphatic heterocycles. The fourth-order valence-corrected chi connectivity index (χ4v) is 6.13. The van der Waals surface area contributed by atoms with Crippen molar-refractivity contribution >= 4 is 22.9 Å². The number of hydrogen-bond acceptors (Lipinski definition) is 5. The summed E-state index contributed by atoms with van der Waals surface area (Å²) < 4.78 is 48.3. The lowest BCUT2D eigenvalue weighted by Gasteiger charge is -2.30. The van der Waals surface area contributed by atoms with Crippen LogP contribution in [0.5, 0.6) is 0 Å². The van der Waals surface area contributed by atoms with E-state index in [-0.39, 0.29) is 46.5 Å². The molecule has 2 aromatic heterocycles. The van der Waals surface area contributed by atoms with Gasteiger partial charge in [0.15, 0.2) is 0 Å². The first-order valence-electron chi connectivity index (χ1n) is 13.4. The molecular formula is C27H35ClF3N3O3. The lowest BCUT2D eigenvalue weighted by atomic mass is 9.78. The monoisotopic (exact) mass is 541 g/mol. The van der Waals surface area contributed by atoms with Gasteiger partial charge in [-0.1, -0.05) is 25.4 Å². The van der Waals surface area contributed by atoms with Gasteiger partial charge in [-0.3, -0.25) is 9.69 Å². The van der Waals surface area contributed by atoms with Crippen LogP contribution in [-0.2, 0) is 15.7 Å². The van der Waals surface area contributed by atoms with Crippen molar-refractivity contribution in [2.45, 2.75) is 95.7 Å². The molecule has 3 fully saturated rings. The van der Waals surface area contributed by atoms with Crippen LogP contribution in [0.15, 0.2) is 12.1 Å². The van der Waals surface area contributed by atoms with Crippen LogP contribution in [0.1, 0.15) is 94.2 Å². The molecule has 37 heavy (non-hydrogen) atoms. The Labute approximate surface area is 220 Å². The first-order valence-corrected chi connectivity index (χ1v) is 13.8. The number of hydrogen-bond donors (Lipinski definition) is 1. The van der Waals surface area contributed by atoms with E-state index < -0.39 is 24.2 Å². The molecule has 204 valence electrons. The van der Waals surface area contributed by atoms with E-state index in [4.69, 9.17) is 16.3 Å². The smallest absolute Gasteiger partial charge is 0.393 e. The Morgan fingerprint density at radius 1 is 1.24 bits per heavy atom. The molecule has 0 amide bonds. The summed E-state index contributed by atoms with van der Waals surface area (Å²) >= 11 is 6.60. The van der Waals surface area contributed by atoms with Gasteiger partial charge in [-0.2, -0.15) is 18.3 Å². The largest absolute Gasteiger partial charge is 0.433 e. The number of nitrogens with zero attached hydrogens (tertiary/aromatic N) is 3. The van der Waals surface area contributed by atoms with Crippen LogP contribution in [0.25, 0.3) is 5.52 Å². The zero-order valence-electron chi connectivity index (χ0n) is 21.3. The van der Waals surface area contributed by atoms with Crippen molar-refractivity contribution in [1.82, 2.24) is 14.5 Å². The van der Waals surface area contributed by atoms with Gasteiger partial charge in [0.1, 0.15) is 29.5 Å². The van der Waals surface area contributed by atoms with Crippen molar-refractivity contribution < 1.29 is 27.8 Å². The average molecular weight is 542 g/mol. The topological polar surface area (TPSA) is 70.4 Å². The Kier molecular flexibility index (Phi) is 7.62. The van der Waals surface area contributed by atoms with Crippen molar-refractivity contribution in [2.75, 3.05) is 13.1 Å². The minimum Gasteiger partial charge on any atom is -0.393 e. The Balaban J connectivity index is 1.30. The number of carbonyl (C=O) groups excluding carboxylic acids is 1. The zero-order chi connectivity index (χ0) is 26.5. The number of aliphatic hydroxyl groups is 1. The van der Waals surface area contributed by atoms with Gasteiger partial charge in [0.2, 0.25) is 0 Å². The van der Waals surface area contributed by atoms with Gasteiger partial charge in [0.05, 0.1) is 23.2 Å². The van der Waals surface area contributed by atoms with Gasteiger partial charge in [-0.15, -0.1) is 0 Å². The molecule has 2 aromatic rings. The van der Waals surface area contributed by atoms with E-state index in [0.29, 0.717) is 24.4 Å². The number of carbonyl (C=O) groups is 1. The number of alkyl halides is 3. The minimum atomic E-state index is -4.56. The molecule has 6 nitrogen and oxygen atoms in total. The van der Waals surface area contributed by atoms with Crippen molar-refractivity contribution in [2.24, 2.45) is 11.8 Å². The van der Waals surface area contributed by atoms with E-state index in [1.807, 2.05) is 11.8 Å². The summed E-state index contributed by atoms with van der Waals surface area (Å²) in [4.78, 5) is 14.9. The highest BCUT2D eigenvalue weighted by Crippen LogP contribution is 2.47. The number of aromatic nitrogens is 2. The molecule has 10 heteroatoms. The molecule has 0 aromatic carbocycles. The molecule has 0 radical (unpaired) electrons. The number of epoxide rings is 1. The van der Waals surface area contributed by atoms with Gasteiger partial charge in [0.25, 0.3) is 0 Å². The second-order valence-electron chi connectivity index (χ2n) is 11.1. The third-order valence-electron chi connectivity index (χ3n) is 8.14. The van der Waals surface area contributed by atoms with Crippen LogP contribution in [0.4, 0.5) is 13.2 Å². The summed E-state index contributed by atoms with van der Waals surface area (Å²) in [5.74, 6) is 0.944. The Morgan fingerprint density at radius 3 is 2.57 bits per heavy atom. The zero-order valence-corrected chi connectivity index (χ0v) is 22.1. The van der Waals surface area contributed by atoms with E-state index in [2.05, 4.69) is 12.0 Å². The van der Waals surface area contributed by atoms with Gasteiger partial charge in [-0.05, 0) is 80.4 Å². The summed E-state index contributed by atoms with van der Waals surface area (Å²) in [6.07, 6.45) is 0.690. The molecule has 3 heterocycles. The lowest BCUT2D eigenvalue weighted by Crippen LogP contribution is -2.35. The van der Waals surface area contributed by atoms with Crippen LogP contribution < -0.4 is 0 Å². The Hall–Kier alpha value is -1.68. The molecule has 1 N–H and O–H groups in total. The van der Waals surface area contributed by atoms with E-state index >= 15 is 0 Å². The number of ether oxygens (including phenoxy) is 1. The highest BCUT2D eigenvalue weighted by atomic mass is 35.5. The number of fused-ring (bicyclic) bond motifs is 1. The van der Waals surface area contributed by atoms with E-state index in [1.165, 1.54) is 6.07 Å². The van der Waals surface area contributed by atoms with Crippen molar-refractivity contribution in [1.29, 1.82) is 0 Å². The number of halogens is 4. The number of pyridine rings is 1. The molecule has 2 aliphatic carbocycles. The standard InChI is InChI=1S/C27H35ClF3N3O3/c1-3-10-33(14-20(36)11-15(2)16-6-8-19(35)9-7-16)26-25(37-26)24-23(28)21-12-18(17-4-5-17)13-22(27(29,30)31)34(21)32-24/h12-13,15-17,19,25-26,35H,3-11,14H2,1-2H3. The molecule has 0 bridgehead atoms. The summed E-state index contributed by atoms with van der Waals surface area (Å²) in [6.45, 7) is 4.96. The molecule has 3 atom stereocenters. The molecule has 2 saturated carbocycles. The van der Waals surface area contributed by atoms with E-state index in [9.17, 15) is 23.1 Å². The summed E-state index contributed by atoms with van der Waals surface area (Å²) in [5, 5.41) is 14.2. The maximum atomic E-state index is 13.9. The van der Waals surface area contributed by atoms with Crippen LogP contribution >= 0.6 is 11.6 Å². The fraction of sp³-hybridized carbons (Fsp3) is 0.704. The SMILES string of the molecule is CCCN(CC(=O)CC(C)C1CCC(O)CC1)C1OC1c1nn2c(C(F)(F)F)cc(C3CC3)cc2c1Cl. The maximum Gasteiger partial charge on any atom is 0.433 e. The normalized spacial score (nSPS) is 27.1. The summed E-state index contributed by atoms with van der Waals surface area (Å²) in [7, 11) is 0. The van der Waals surface area contributed by atoms with Crippen LogP contribution in [0.2, 0.25) is 5.02 Å². The van der Waals surface area contributed by atoms with Crippen LogP contribution in [-0.4, -0.2) is 50.8 Å². The first kappa shape index (κ1) is 26.9. The molecule has 1 saturated heterocycles.